The van der Waals surface area contributed by atoms with Crippen LogP contribution in [0.4, 0.5) is 13.2 Å². The Balaban J connectivity index is 2.64. The van der Waals surface area contributed by atoms with Crippen LogP contribution in [0.3, 0.4) is 0 Å². The number of sulfonamides is 1. The molecule has 0 unspecified atom stereocenters. The molecule has 0 heterocycles. The van der Waals surface area contributed by atoms with Crippen molar-refractivity contribution in [1.82, 2.24) is 4.72 Å². The van der Waals surface area contributed by atoms with Crippen LogP contribution in [0.2, 0.25) is 0 Å². The molecule has 0 bridgehead atoms. The lowest BCUT2D eigenvalue weighted by atomic mass is 10.3. The molecule has 0 amide bonds. The van der Waals surface area contributed by atoms with Crippen molar-refractivity contribution >= 4 is 17.8 Å². The fraction of sp³-hybridized carbons (Fsp3) is 0.333. The predicted octanol–water partition coefficient (Wildman–Crippen LogP) is -0.291. The van der Waals surface area contributed by atoms with Gasteiger partial charge in [0.25, 0.3) is 0 Å². The van der Waals surface area contributed by atoms with Gasteiger partial charge in [0.1, 0.15) is 5.75 Å². The standard InChI is InChI=1S/C9H11F3NO7PS/c10-9(11,12)20-7-1-3-8(4-2-7)22(17,18)13-5-6-19-21(14,15)16/h1-4,13H,5-6H2,(H2,14,15,16)/p-2. The minimum atomic E-state index is -5.20. The molecule has 1 aromatic carbocycles. The summed E-state index contributed by atoms with van der Waals surface area (Å²) in [4.78, 5) is 19.9. The summed E-state index contributed by atoms with van der Waals surface area (Å²) in [6.07, 6.45) is -4.90. The van der Waals surface area contributed by atoms with E-state index in [4.69, 9.17) is 0 Å². The Kier molecular flexibility index (Phi) is 5.96. The van der Waals surface area contributed by atoms with Gasteiger partial charge >= 0.3 is 6.36 Å². The average molecular weight is 363 g/mol. The van der Waals surface area contributed by atoms with Gasteiger partial charge in [0.05, 0.1) is 19.3 Å². The maximum absolute atomic E-state index is 11.9. The highest BCUT2D eigenvalue weighted by molar-refractivity contribution is 7.89. The van der Waals surface area contributed by atoms with E-state index in [2.05, 4.69) is 9.26 Å². The topological polar surface area (TPSA) is 128 Å². The Morgan fingerprint density at radius 3 is 2.18 bits per heavy atom. The van der Waals surface area contributed by atoms with Gasteiger partial charge in [-0.1, -0.05) is 0 Å². The minimum Gasteiger partial charge on any atom is -0.790 e. The molecule has 1 rings (SSSR count). The fourth-order valence-electron chi connectivity index (χ4n) is 1.24. The highest BCUT2D eigenvalue weighted by atomic mass is 32.2. The van der Waals surface area contributed by atoms with E-state index in [-0.39, 0.29) is 4.90 Å². The van der Waals surface area contributed by atoms with Gasteiger partial charge in [0.2, 0.25) is 10.0 Å². The van der Waals surface area contributed by atoms with E-state index in [9.17, 15) is 35.9 Å². The van der Waals surface area contributed by atoms with Gasteiger partial charge in [0, 0.05) is 6.54 Å². The first-order valence-corrected chi connectivity index (χ1v) is 8.35. The number of phosphoric ester groups is 1. The number of alkyl halides is 3. The van der Waals surface area contributed by atoms with E-state index in [0.717, 1.165) is 24.3 Å². The van der Waals surface area contributed by atoms with Crippen molar-refractivity contribution in [2.75, 3.05) is 13.2 Å². The summed E-state index contributed by atoms with van der Waals surface area (Å²) in [5.74, 6) is -0.603. The van der Waals surface area contributed by atoms with Crippen LogP contribution >= 0.6 is 7.82 Å². The molecule has 0 aliphatic carbocycles. The molecule has 0 saturated heterocycles. The van der Waals surface area contributed by atoms with Crippen LogP contribution in [0.25, 0.3) is 0 Å². The lowest BCUT2D eigenvalue weighted by Crippen LogP contribution is -2.28. The smallest absolute Gasteiger partial charge is 0.573 e. The molecule has 0 aromatic heterocycles. The van der Waals surface area contributed by atoms with E-state index >= 15 is 0 Å². The number of phosphoric acid groups is 1. The van der Waals surface area contributed by atoms with Crippen molar-refractivity contribution < 1.29 is 45.2 Å². The lowest BCUT2D eigenvalue weighted by Gasteiger charge is -2.28. The normalized spacial score (nSPS) is 13.1. The molecule has 0 saturated carbocycles. The molecular formula is C9H9F3NO7PS-2. The van der Waals surface area contributed by atoms with Gasteiger partial charge in [-0.2, -0.15) is 0 Å². The Morgan fingerprint density at radius 1 is 1.18 bits per heavy atom. The zero-order chi connectivity index (χ0) is 17.0. The molecule has 0 spiro atoms. The van der Waals surface area contributed by atoms with Crippen LogP contribution in [-0.2, 0) is 19.1 Å². The summed E-state index contributed by atoms with van der Waals surface area (Å²) in [5, 5.41) is 0. The second kappa shape index (κ2) is 6.94. The number of ether oxygens (including phenoxy) is 1. The zero-order valence-electron chi connectivity index (χ0n) is 10.6. The predicted molar refractivity (Wildman–Crippen MR) is 61.9 cm³/mol. The first-order chi connectivity index (χ1) is 9.89. The van der Waals surface area contributed by atoms with Crippen molar-refractivity contribution in [3.63, 3.8) is 0 Å². The molecular weight excluding hydrogens is 354 g/mol. The number of nitrogens with one attached hydrogen (secondary N) is 1. The molecule has 8 nitrogen and oxygen atoms in total. The Bertz CT molecular complexity index is 640. The Morgan fingerprint density at radius 2 is 1.73 bits per heavy atom. The summed E-state index contributed by atoms with van der Waals surface area (Å²) >= 11 is 0. The van der Waals surface area contributed by atoms with Crippen molar-refractivity contribution in [1.29, 1.82) is 0 Å². The monoisotopic (exact) mass is 363 g/mol. The Hall–Kier alpha value is -1.17. The highest BCUT2D eigenvalue weighted by Crippen LogP contribution is 2.24. The minimum absolute atomic E-state index is 0.380. The second-order valence-electron chi connectivity index (χ2n) is 3.70. The molecule has 0 aliphatic rings. The average Bonchev–Trinajstić information content (AvgIpc) is 2.32. The molecule has 0 atom stereocenters. The maximum Gasteiger partial charge on any atom is 0.573 e. The van der Waals surface area contributed by atoms with Crippen molar-refractivity contribution in [3.8, 4) is 5.75 Å². The van der Waals surface area contributed by atoms with E-state index in [1.165, 1.54) is 0 Å². The highest BCUT2D eigenvalue weighted by Gasteiger charge is 2.31. The van der Waals surface area contributed by atoms with Crippen LogP contribution in [0, 0.1) is 0 Å². The summed E-state index contributed by atoms with van der Waals surface area (Å²) < 4.78 is 78.6. The molecule has 1 aromatic rings. The number of hydrogen-bond donors (Lipinski definition) is 1. The van der Waals surface area contributed by atoms with Crippen LogP contribution in [0.1, 0.15) is 0 Å². The van der Waals surface area contributed by atoms with Crippen LogP contribution in [-0.4, -0.2) is 27.9 Å². The third-order valence-corrected chi connectivity index (χ3v) is 3.99. The fourth-order valence-corrected chi connectivity index (χ4v) is 2.57. The van der Waals surface area contributed by atoms with E-state index < -0.39 is 43.1 Å². The van der Waals surface area contributed by atoms with Gasteiger partial charge in [-0.25, -0.2) is 13.1 Å². The quantitative estimate of drug-likeness (QED) is 0.521. The van der Waals surface area contributed by atoms with E-state index in [1.807, 2.05) is 4.72 Å². The van der Waals surface area contributed by atoms with E-state index in [0.29, 0.717) is 0 Å². The number of benzene rings is 1. The van der Waals surface area contributed by atoms with Gasteiger partial charge in [0.15, 0.2) is 0 Å². The lowest BCUT2D eigenvalue weighted by molar-refractivity contribution is -0.341. The summed E-state index contributed by atoms with van der Waals surface area (Å²) in [6, 6.07) is 3.30. The van der Waals surface area contributed by atoms with Crippen molar-refractivity contribution in [2.24, 2.45) is 0 Å². The summed E-state index contributed by atoms with van der Waals surface area (Å²) in [6.45, 7) is -1.23. The first-order valence-electron chi connectivity index (χ1n) is 5.41. The molecule has 0 radical (unpaired) electrons. The Labute approximate surface area is 123 Å². The van der Waals surface area contributed by atoms with Crippen LogP contribution < -0.4 is 19.2 Å². The van der Waals surface area contributed by atoms with Crippen LogP contribution in [0.5, 0.6) is 5.75 Å². The van der Waals surface area contributed by atoms with Gasteiger partial charge < -0.3 is 23.6 Å². The number of halogens is 3. The van der Waals surface area contributed by atoms with Gasteiger partial charge in [-0.15, -0.1) is 13.2 Å². The maximum atomic E-state index is 11.9. The van der Waals surface area contributed by atoms with Crippen molar-refractivity contribution in [2.45, 2.75) is 11.3 Å². The number of hydrogen-bond acceptors (Lipinski definition) is 7. The SMILES string of the molecule is O=P([O-])([O-])OCCNS(=O)(=O)c1ccc(OC(F)(F)F)cc1. The molecule has 126 valence electrons. The molecule has 0 fully saturated rings. The van der Waals surface area contributed by atoms with Crippen molar-refractivity contribution in [3.05, 3.63) is 24.3 Å². The molecule has 22 heavy (non-hydrogen) atoms. The molecule has 13 heteroatoms. The molecule has 1 N–H and O–H groups in total. The first kappa shape index (κ1) is 18.9. The second-order valence-corrected chi connectivity index (χ2v) is 6.62. The zero-order valence-corrected chi connectivity index (χ0v) is 12.3. The number of rotatable bonds is 7. The van der Waals surface area contributed by atoms with Gasteiger partial charge in [-0.05, 0) is 24.3 Å². The third-order valence-electron chi connectivity index (χ3n) is 2.01. The van der Waals surface area contributed by atoms with Gasteiger partial charge in [-0.3, -0.25) is 0 Å². The summed E-state index contributed by atoms with van der Waals surface area (Å²) in [5.41, 5.74) is 0. The molecule has 0 aliphatic heterocycles. The van der Waals surface area contributed by atoms with Crippen LogP contribution in [0.15, 0.2) is 29.2 Å². The largest absolute Gasteiger partial charge is 0.790 e. The third kappa shape index (κ3) is 7.20. The van der Waals surface area contributed by atoms with E-state index in [1.54, 1.807) is 0 Å². The summed E-state index contributed by atoms with van der Waals surface area (Å²) in [7, 11) is -9.30.